The van der Waals surface area contributed by atoms with Gasteiger partial charge in [-0.05, 0) is 46.5 Å². The highest BCUT2D eigenvalue weighted by Gasteiger charge is 2.24. The molecule has 0 heteroatoms. The van der Waals surface area contributed by atoms with Crippen molar-refractivity contribution in [2.45, 2.75) is 0 Å². The maximum absolute atomic E-state index is 3.39. The van der Waals surface area contributed by atoms with Crippen LogP contribution in [0, 0.1) is 23.7 Å². The second-order valence-corrected chi connectivity index (χ2v) is 7.07. The molecule has 0 saturated heterocycles. The van der Waals surface area contributed by atoms with Crippen molar-refractivity contribution in [1.82, 2.24) is 0 Å². The second-order valence-electron chi connectivity index (χ2n) is 7.07. The van der Waals surface area contributed by atoms with Crippen molar-refractivity contribution in [3.05, 3.63) is 137 Å². The zero-order valence-electron chi connectivity index (χ0n) is 16.4. The Labute approximate surface area is 177 Å². The van der Waals surface area contributed by atoms with Gasteiger partial charge in [0.15, 0.2) is 0 Å². The molecule has 138 valence electrons. The van der Waals surface area contributed by atoms with E-state index in [1.807, 2.05) is 60.7 Å². The first-order chi connectivity index (χ1) is 14.9. The molecule has 0 N–H and O–H groups in total. The molecular weight excluding hydrogens is 360 g/mol. The average molecular weight is 378 g/mol. The second kappa shape index (κ2) is 8.00. The minimum Gasteiger partial charge on any atom is -0.0622 e. The Balaban J connectivity index is 1.75. The average Bonchev–Trinajstić information content (AvgIpc) is 3.15. The van der Waals surface area contributed by atoms with Gasteiger partial charge in [0.05, 0.1) is 5.57 Å². The van der Waals surface area contributed by atoms with E-state index in [9.17, 15) is 0 Å². The van der Waals surface area contributed by atoms with E-state index in [1.54, 1.807) is 0 Å². The summed E-state index contributed by atoms with van der Waals surface area (Å²) in [6, 6.07) is 37.1. The van der Waals surface area contributed by atoms with E-state index in [2.05, 4.69) is 72.2 Å². The van der Waals surface area contributed by atoms with Crippen LogP contribution in [0.4, 0.5) is 0 Å². The third-order valence-corrected chi connectivity index (χ3v) is 5.14. The van der Waals surface area contributed by atoms with Crippen LogP contribution in [0.5, 0.6) is 0 Å². The minimum atomic E-state index is 0.847. The molecule has 30 heavy (non-hydrogen) atoms. The van der Waals surface area contributed by atoms with E-state index in [0.29, 0.717) is 0 Å². The van der Waals surface area contributed by atoms with Gasteiger partial charge in [-0.3, -0.25) is 0 Å². The van der Waals surface area contributed by atoms with Crippen LogP contribution in [0.2, 0.25) is 0 Å². The zero-order chi connectivity index (χ0) is 20.2. The van der Waals surface area contributed by atoms with Crippen molar-refractivity contribution in [2.75, 3.05) is 0 Å². The normalized spacial score (nSPS) is 10.7. The van der Waals surface area contributed by atoms with Gasteiger partial charge >= 0.3 is 0 Å². The van der Waals surface area contributed by atoms with Crippen molar-refractivity contribution in [2.24, 2.45) is 0 Å². The predicted octanol–water partition coefficient (Wildman–Crippen LogP) is 6.57. The van der Waals surface area contributed by atoms with Crippen LogP contribution >= 0.6 is 0 Å². The third-order valence-electron chi connectivity index (χ3n) is 5.14. The number of rotatable bonds is 0. The van der Waals surface area contributed by atoms with Gasteiger partial charge in [-0.1, -0.05) is 109 Å². The van der Waals surface area contributed by atoms with E-state index in [4.69, 9.17) is 0 Å². The molecule has 0 spiro atoms. The van der Waals surface area contributed by atoms with E-state index >= 15 is 0 Å². The summed E-state index contributed by atoms with van der Waals surface area (Å²) >= 11 is 0. The summed E-state index contributed by atoms with van der Waals surface area (Å²) in [5, 5.41) is 0. The Morgan fingerprint density at radius 2 is 0.767 bits per heavy atom. The maximum Gasteiger partial charge on any atom is 0.0836 e. The molecule has 0 bridgehead atoms. The zero-order valence-corrected chi connectivity index (χ0v) is 16.4. The molecule has 1 aliphatic rings. The molecule has 4 aromatic rings. The van der Waals surface area contributed by atoms with Crippen LogP contribution in [0.3, 0.4) is 0 Å². The van der Waals surface area contributed by atoms with Gasteiger partial charge in [0.25, 0.3) is 0 Å². The quantitative estimate of drug-likeness (QED) is 0.267. The Morgan fingerprint density at radius 1 is 0.400 bits per heavy atom. The lowest BCUT2D eigenvalue weighted by Gasteiger charge is -2.04. The van der Waals surface area contributed by atoms with Crippen molar-refractivity contribution in [1.29, 1.82) is 0 Å². The Hall–Kier alpha value is -4.26. The molecule has 0 saturated carbocycles. The molecule has 0 nitrogen and oxygen atoms in total. The van der Waals surface area contributed by atoms with Crippen molar-refractivity contribution < 1.29 is 0 Å². The van der Waals surface area contributed by atoms with Crippen LogP contribution in [-0.4, -0.2) is 0 Å². The van der Waals surface area contributed by atoms with Gasteiger partial charge in [0, 0.05) is 16.7 Å². The Bertz CT molecular complexity index is 1260. The summed E-state index contributed by atoms with van der Waals surface area (Å²) < 4.78 is 0. The lowest BCUT2D eigenvalue weighted by Crippen LogP contribution is -1.88. The van der Waals surface area contributed by atoms with Crippen LogP contribution in [-0.2, 0) is 0 Å². The summed E-state index contributed by atoms with van der Waals surface area (Å²) in [5.74, 6) is 13.4. The monoisotopic (exact) mass is 378 g/mol. The molecular formula is C30H18. The fourth-order valence-corrected chi connectivity index (χ4v) is 3.75. The van der Waals surface area contributed by atoms with Gasteiger partial charge in [-0.25, -0.2) is 0 Å². The number of hydrogen-bond acceptors (Lipinski definition) is 0. The number of hydrogen-bond donors (Lipinski definition) is 0. The van der Waals surface area contributed by atoms with Gasteiger partial charge in [-0.2, -0.15) is 0 Å². The van der Waals surface area contributed by atoms with E-state index in [0.717, 1.165) is 22.3 Å². The van der Waals surface area contributed by atoms with Crippen LogP contribution in [0.1, 0.15) is 22.3 Å². The van der Waals surface area contributed by atoms with Crippen molar-refractivity contribution in [3.63, 3.8) is 0 Å². The molecule has 0 amide bonds. The molecule has 0 radical (unpaired) electrons. The Morgan fingerprint density at radius 3 is 1.20 bits per heavy atom. The number of fused-ring (bicyclic) bond motifs is 3. The summed E-state index contributed by atoms with van der Waals surface area (Å²) in [7, 11) is 0. The summed E-state index contributed by atoms with van der Waals surface area (Å²) in [4.78, 5) is 0. The lowest BCUT2D eigenvalue weighted by atomic mass is 9.98. The lowest BCUT2D eigenvalue weighted by molar-refractivity contribution is 1.62. The topological polar surface area (TPSA) is 0 Å². The predicted molar refractivity (Wildman–Crippen MR) is 125 cm³/mol. The summed E-state index contributed by atoms with van der Waals surface area (Å²) in [5.41, 5.74) is 8.80. The highest BCUT2D eigenvalue weighted by molar-refractivity contribution is 6.04. The van der Waals surface area contributed by atoms with Crippen molar-refractivity contribution >= 4 is 5.57 Å². The molecule has 0 atom stereocenters. The summed E-state index contributed by atoms with van der Waals surface area (Å²) in [6.07, 6.45) is 0. The Kier molecular flexibility index (Phi) is 4.75. The van der Waals surface area contributed by atoms with Gasteiger partial charge < -0.3 is 0 Å². The fraction of sp³-hybridized carbons (Fsp3) is 0. The molecule has 0 heterocycles. The third kappa shape index (κ3) is 3.44. The highest BCUT2D eigenvalue weighted by Crippen LogP contribution is 2.45. The smallest absolute Gasteiger partial charge is 0.0622 e. The van der Waals surface area contributed by atoms with Crippen LogP contribution in [0.25, 0.3) is 16.7 Å². The molecule has 4 aromatic carbocycles. The van der Waals surface area contributed by atoms with Gasteiger partial charge in [0.2, 0.25) is 0 Å². The van der Waals surface area contributed by atoms with Gasteiger partial charge in [-0.15, -0.1) is 0 Å². The summed E-state index contributed by atoms with van der Waals surface area (Å²) in [6.45, 7) is 0. The van der Waals surface area contributed by atoms with Crippen LogP contribution < -0.4 is 0 Å². The van der Waals surface area contributed by atoms with E-state index in [1.165, 1.54) is 22.3 Å². The molecule has 0 unspecified atom stereocenters. The van der Waals surface area contributed by atoms with E-state index in [-0.39, 0.29) is 0 Å². The SMILES string of the molecule is C(#Cc1ccccc1)C(C#Cc1ccccc1)=C1c2ccccc2-c2ccccc21. The minimum absolute atomic E-state index is 0.847. The molecule has 0 fully saturated rings. The first-order valence-corrected chi connectivity index (χ1v) is 9.98. The van der Waals surface area contributed by atoms with Crippen LogP contribution in [0.15, 0.2) is 115 Å². The molecule has 5 rings (SSSR count). The maximum atomic E-state index is 3.39. The highest BCUT2D eigenvalue weighted by atomic mass is 14.3. The number of benzene rings is 4. The van der Waals surface area contributed by atoms with Gasteiger partial charge in [0.1, 0.15) is 0 Å². The molecule has 0 aliphatic heterocycles. The molecule has 0 aromatic heterocycles. The van der Waals surface area contributed by atoms with E-state index < -0.39 is 0 Å². The first-order valence-electron chi connectivity index (χ1n) is 9.98. The largest absolute Gasteiger partial charge is 0.0836 e. The van der Waals surface area contributed by atoms with Crippen molar-refractivity contribution in [3.8, 4) is 34.8 Å². The first kappa shape index (κ1) is 17.8. The standard InChI is InChI=1S/C30H18/c1-3-11-23(12-4-1)19-21-25(22-20-24-13-5-2-6-14-24)30-28-17-9-7-15-26(28)27-16-8-10-18-29(27)30/h1-18H. The number of allylic oxidation sites excluding steroid dienone is 1. The fourth-order valence-electron chi connectivity index (χ4n) is 3.75. The molecule has 1 aliphatic carbocycles.